The average molecular weight is 348 g/mol. The maximum absolute atomic E-state index is 14.1. The minimum Gasteiger partial charge on any atom is -0.322 e. The molecule has 3 N–H and O–H groups in total. The molecular weight excluding hydrogens is 331 g/mol. The fraction of sp³-hybridized carbons (Fsp3) is 0.235. The fourth-order valence-corrected chi connectivity index (χ4v) is 3.47. The SMILES string of the molecule is NS(=O)(=O)c1ccc(C(=O)Nc2cccc3c2CCCC3)c(F)c1. The lowest BCUT2D eigenvalue weighted by Crippen LogP contribution is -2.18. The first-order chi connectivity index (χ1) is 11.4. The average Bonchev–Trinajstić information content (AvgIpc) is 2.54. The first-order valence-electron chi connectivity index (χ1n) is 7.61. The van der Waals surface area contributed by atoms with Crippen LogP contribution in [0.5, 0.6) is 0 Å². The molecule has 0 bridgehead atoms. The van der Waals surface area contributed by atoms with E-state index in [-0.39, 0.29) is 10.5 Å². The monoisotopic (exact) mass is 348 g/mol. The number of anilines is 1. The summed E-state index contributed by atoms with van der Waals surface area (Å²) in [5.41, 5.74) is 2.73. The van der Waals surface area contributed by atoms with Crippen LogP contribution in [0.4, 0.5) is 10.1 Å². The van der Waals surface area contributed by atoms with Crippen molar-refractivity contribution in [3.05, 3.63) is 58.9 Å². The van der Waals surface area contributed by atoms with Gasteiger partial charge in [0.05, 0.1) is 10.5 Å². The number of carbonyl (C=O) groups is 1. The lowest BCUT2D eigenvalue weighted by molar-refractivity contribution is 0.102. The van der Waals surface area contributed by atoms with Crippen molar-refractivity contribution in [2.75, 3.05) is 5.32 Å². The minimum absolute atomic E-state index is 0.226. The summed E-state index contributed by atoms with van der Waals surface area (Å²) in [7, 11) is -4.01. The molecule has 126 valence electrons. The Bertz CT molecular complexity index is 910. The molecule has 7 heteroatoms. The van der Waals surface area contributed by atoms with Crippen molar-refractivity contribution in [2.24, 2.45) is 5.14 Å². The van der Waals surface area contributed by atoms with E-state index >= 15 is 0 Å². The Kier molecular flexibility index (Phi) is 4.38. The van der Waals surface area contributed by atoms with Crippen molar-refractivity contribution in [1.82, 2.24) is 0 Å². The summed E-state index contributed by atoms with van der Waals surface area (Å²) in [6.07, 6.45) is 4.01. The minimum atomic E-state index is -4.01. The molecule has 0 aromatic heterocycles. The quantitative estimate of drug-likeness (QED) is 0.893. The van der Waals surface area contributed by atoms with E-state index in [1.165, 1.54) is 5.56 Å². The van der Waals surface area contributed by atoms with Crippen molar-refractivity contribution in [2.45, 2.75) is 30.6 Å². The second-order valence-electron chi connectivity index (χ2n) is 5.79. The van der Waals surface area contributed by atoms with Crippen LogP contribution in [-0.4, -0.2) is 14.3 Å². The number of hydrogen-bond donors (Lipinski definition) is 2. The molecule has 0 aliphatic heterocycles. The molecule has 0 atom stereocenters. The lowest BCUT2D eigenvalue weighted by atomic mass is 9.90. The van der Waals surface area contributed by atoms with Gasteiger partial charge in [-0.05, 0) is 61.1 Å². The second kappa shape index (κ2) is 6.33. The second-order valence-corrected chi connectivity index (χ2v) is 7.35. The number of sulfonamides is 1. The Morgan fingerprint density at radius 1 is 1.12 bits per heavy atom. The van der Waals surface area contributed by atoms with E-state index in [0.29, 0.717) is 5.69 Å². The van der Waals surface area contributed by atoms with Crippen LogP contribution in [0.3, 0.4) is 0 Å². The number of amides is 1. The summed E-state index contributed by atoms with van der Waals surface area (Å²) in [5.74, 6) is -1.55. The molecule has 0 heterocycles. The van der Waals surface area contributed by atoms with Gasteiger partial charge in [-0.1, -0.05) is 12.1 Å². The predicted molar refractivity (Wildman–Crippen MR) is 88.8 cm³/mol. The number of aryl methyl sites for hydroxylation is 1. The Morgan fingerprint density at radius 3 is 2.58 bits per heavy atom. The summed E-state index contributed by atoms with van der Waals surface area (Å²) in [6, 6.07) is 8.68. The Balaban J connectivity index is 1.89. The third-order valence-electron chi connectivity index (χ3n) is 4.16. The van der Waals surface area contributed by atoms with Gasteiger partial charge in [0, 0.05) is 5.69 Å². The van der Waals surface area contributed by atoms with Gasteiger partial charge in [-0.2, -0.15) is 0 Å². The van der Waals surface area contributed by atoms with Crippen LogP contribution < -0.4 is 10.5 Å². The Labute approximate surface area is 139 Å². The van der Waals surface area contributed by atoms with Gasteiger partial charge in [0.1, 0.15) is 5.82 Å². The zero-order chi connectivity index (χ0) is 17.3. The molecule has 3 rings (SSSR count). The molecule has 0 unspecified atom stereocenters. The first kappa shape index (κ1) is 16.6. The van der Waals surface area contributed by atoms with Crippen LogP contribution in [-0.2, 0) is 22.9 Å². The number of nitrogens with one attached hydrogen (secondary N) is 1. The van der Waals surface area contributed by atoms with Gasteiger partial charge in [0.25, 0.3) is 5.91 Å². The highest BCUT2D eigenvalue weighted by molar-refractivity contribution is 7.89. The van der Waals surface area contributed by atoms with Crippen molar-refractivity contribution in [3.63, 3.8) is 0 Å². The maximum Gasteiger partial charge on any atom is 0.258 e. The largest absolute Gasteiger partial charge is 0.322 e. The van der Waals surface area contributed by atoms with E-state index in [2.05, 4.69) is 5.32 Å². The van der Waals surface area contributed by atoms with E-state index in [1.54, 1.807) is 6.07 Å². The van der Waals surface area contributed by atoms with Crippen LogP contribution in [0.2, 0.25) is 0 Å². The Hall–Kier alpha value is -2.25. The van der Waals surface area contributed by atoms with E-state index in [4.69, 9.17) is 5.14 Å². The number of rotatable bonds is 3. The van der Waals surface area contributed by atoms with Crippen molar-refractivity contribution in [1.29, 1.82) is 0 Å². The number of carbonyl (C=O) groups excluding carboxylic acids is 1. The van der Waals surface area contributed by atoms with Gasteiger partial charge >= 0.3 is 0 Å². The molecule has 0 saturated heterocycles. The fourth-order valence-electron chi connectivity index (χ4n) is 2.95. The first-order valence-corrected chi connectivity index (χ1v) is 9.15. The summed E-state index contributed by atoms with van der Waals surface area (Å²) in [5, 5.41) is 7.68. The predicted octanol–water partition coefficient (Wildman–Crippen LogP) is 2.60. The van der Waals surface area contributed by atoms with Gasteiger partial charge in [-0.15, -0.1) is 0 Å². The number of nitrogens with two attached hydrogens (primary N) is 1. The molecule has 24 heavy (non-hydrogen) atoms. The number of benzene rings is 2. The molecule has 5 nitrogen and oxygen atoms in total. The third kappa shape index (κ3) is 3.32. The van der Waals surface area contributed by atoms with E-state index < -0.39 is 21.7 Å². The Morgan fingerprint density at radius 2 is 1.88 bits per heavy atom. The standard InChI is InChI=1S/C17H17FN2O3S/c18-15-10-12(24(19,22)23)8-9-14(15)17(21)20-16-7-3-5-11-4-1-2-6-13(11)16/h3,5,7-10H,1-2,4,6H2,(H,20,21)(H2,19,22,23). The molecule has 0 saturated carbocycles. The van der Waals surface area contributed by atoms with Crippen LogP contribution in [0.25, 0.3) is 0 Å². The topological polar surface area (TPSA) is 89.3 Å². The van der Waals surface area contributed by atoms with Crippen molar-refractivity contribution >= 4 is 21.6 Å². The van der Waals surface area contributed by atoms with Gasteiger partial charge in [-0.3, -0.25) is 4.79 Å². The van der Waals surface area contributed by atoms with E-state index in [9.17, 15) is 17.6 Å². The van der Waals surface area contributed by atoms with Gasteiger partial charge in [0.15, 0.2) is 0 Å². The third-order valence-corrected chi connectivity index (χ3v) is 5.07. The molecule has 0 radical (unpaired) electrons. The zero-order valence-electron chi connectivity index (χ0n) is 12.9. The summed E-state index contributed by atoms with van der Waals surface area (Å²) < 4.78 is 36.5. The van der Waals surface area contributed by atoms with Crippen LogP contribution in [0, 0.1) is 5.82 Å². The molecule has 1 aliphatic rings. The van der Waals surface area contributed by atoms with Gasteiger partial charge in [-0.25, -0.2) is 17.9 Å². The van der Waals surface area contributed by atoms with Crippen LogP contribution >= 0.6 is 0 Å². The molecule has 2 aromatic carbocycles. The molecule has 0 fully saturated rings. The molecule has 1 aliphatic carbocycles. The number of halogens is 1. The smallest absolute Gasteiger partial charge is 0.258 e. The zero-order valence-corrected chi connectivity index (χ0v) is 13.7. The highest BCUT2D eigenvalue weighted by atomic mass is 32.2. The van der Waals surface area contributed by atoms with E-state index in [0.717, 1.165) is 49.4 Å². The molecule has 2 aromatic rings. The number of hydrogen-bond acceptors (Lipinski definition) is 3. The lowest BCUT2D eigenvalue weighted by Gasteiger charge is -2.19. The summed E-state index contributed by atoms with van der Waals surface area (Å²) in [4.78, 5) is 12.0. The van der Waals surface area contributed by atoms with Crippen LogP contribution in [0.1, 0.15) is 34.3 Å². The summed E-state index contributed by atoms with van der Waals surface area (Å²) >= 11 is 0. The van der Waals surface area contributed by atoms with Crippen molar-refractivity contribution in [3.8, 4) is 0 Å². The normalized spacial score (nSPS) is 14.1. The van der Waals surface area contributed by atoms with Gasteiger partial charge in [0.2, 0.25) is 10.0 Å². The van der Waals surface area contributed by atoms with E-state index in [1.807, 2.05) is 12.1 Å². The highest BCUT2D eigenvalue weighted by Crippen LogP contribution is 2.28. The summed E-state index contributed by atoms with van der Waals surface area (Å²) in [6.45, 7) is 0. The molecular formula is C17H17FN2O3S. The number of primary sulfonamides is 1. The highest BCUT2D eigenvalue weighted by Gasteiger charge is 2.19. The molecule has 0 spiro atoms. The molecule has 1 amide bonds. The van der Waals surface area contributed by atoms with Crippen LogP contribution in [0.15, 0.2) is 41.3 Å². The number of fused-ring (bicyclic) bond motifs is 1. The maximum atomic E-state index is 14.1. The van der Waals surface area contributed by atoms with Crippen molar-refractivity contribution < 1.29 is 17.6 Å². The van der Waals surface area contributed by atoms with Gasteiger partial charge < -0.3 is 5.32 Å².